The minimum Gasteiger partial charge on any atom is -0.317 e. The van der Waals surface area contributed by atoms with Gasteiger partial charge in [0, 0.05) is 13.5 Å². The first kappa shape index (κ1) is 11.7. The zero-order valence-corrected chi connectivity index (χ0v) is 9.86. The Hall–Kier alpha value is -1.76. The van der Waals surface area contributed by atoms with Crippen molar-refractivity contribution in [2.45, 2.75) is 32.4 Å². The van der Waals surface area contributed by atoms with Crippen LogP contribution in [0.4, 0.5) is 0 Å². The van der Waals surface area contributed by atoms with Crippen molar-refractivity contribution in [2.24, 2.45) is 7.05 Å². The number of aromatic nitrogens is 3. The normalized spacial score (nSPS) is 20.5. The molecule has 7 heteroatoms. The summed E-state index contributed by atoms with van der Waals surface area (Å²) in [6.45, 7) is 2.33. The van der Waals surface area contributed by atoms with E-state index >= 15 is 0 Å². The molecule has 1 atom stereocenters. The van der Waals surface area contributed by atoms with Gasteiger partial charge in [-0.1, -0.05) is 0 Å². The van der Waals surface area contributed by atoms with E-state index in [9.17, 15) is 9.59 Å². The Morgan fingerprint density at radius 1 is 1.47 bits per heavy atom. The fourth-order valence-electron chi connectivity index (χ4n) is 1.71. The van der Waals surface area contributed by atoms with E-state index in [2.05, 4.69) is 20.8 Å². The molecule has 1 aromatic rings. The Balaban J connectivity index is 1.92. The quantitative estimate of drug-likeness (QED) is 0.659. The van der Waals surface area contributed by atoms with E-state index in [1.165, 1.54) is 0 Å². The van der Waals surface area contributed by atoms with Crippen LogP contribution in [-0.2, 0) is 23.2 Å². The number of amides is 2. The standard InChI is InChI=1S/C10H15N5O2/c1-6-13-14-8(15(6)2)5-11-7-3-4-9(16)12-10(7)17/h7,11H,3-5H2,1-2H3,(H,12,16,17). The maximum absolute atomic E-state index is 11.5. The molecule has 1 aliphatic rings. The van der Waals surface area contributed by atoms with Crippen LogP contribution in [0.5, 0.6) is 0 Å². The summed E-state index contributed by atoms with van der Waals surface area (Å²) in [7, 11) is 1.87. The highest BCUT2D eigenvalue weighted by Crippen LogP contribution is 2.05. The van der Waals surface area contributed by atoms with Crippen molar-refractivity contribution in [1.82, 2.24) is 25.4 Å². The molecule has 92 valence electrons. The maximum atomic E-state index is 11.5. The van der Waals surface area contributed by atoms with E-state index < -0.39 is 0 Å². The third-order valence-corrected chi connectivity index (χ3v) is 2.93. The van der Waals surface area contributed by atoms with E-state index in [1.54, 1.807) is 0 Å². The van der Waals surface area contributed by atoms with Gasteiger partial charge in [0.05, 0.1) is 12.6 Å². The van der Waals surface area contributed by atoms with Gasteiger partial charge in [0.25, 0.3) is 0 Å². The smallest absolute Gasteiger partial charge is 0.243 e. The van der Waals surface area contributed by atoms with Gasteiger partial charge >= 0.3 is 0 Å². The molecule has 0 aliphatic carbocycles. The average molecular weight is 237 g/mol. The summed E-state index contributed by atoms with van der Waals surface area (Å²) in [5.41, 5.74) is 0. The Morgan fingerprint density at radius 3 is 2.82 bits per heavy atom. The van der Waals surface area contributed by atoms with Crippen molar-refractivity contribution >= 4 is 11.8 Å². The summed E-state index contributed by atoms with van der Waals surface area (Å²) in [5, 5.41) is 13.3. The minimum absolute atomic E-state index is 0.206. The number of hydrogen-bond acceptors (Lipinski definition) is 5. The molecular weight excluding hydrogens is 222 g/mol. The number of imide groups is 1. The molecule has 1 aliphatic heterocycles. The van der Waals surface area contributed by atoms with Crippen LogP contribution >= 0.6 is 0 Å². The summed E-state index contributed by atoms with van der Waals surface area (Å²) in [5.74, 6) is 1.12. The molecule has 0 bridgehead atoms. The summed E-state index contributed by atoms with van der Waals surface area (Å²) < 4.78 is 1.86. The van der Waals surface area contributed by atoms with Crippen LogP contribution in [0.2, 0.25) is 0 Å². The van der Waals surface area contributed by atoms with E-state index in [0.29, 0.717) is 19.4 Å². The number of hydrogen-bond donors (Lipinski definition) is 2. The predicted molar refractivity (Wildman–Crippen MR) is 58.8 cm³/mol. The molecule has 0 spiro atoms. The Morgan fingerprint density at radius 2 is 2.24 bits per heavy atom. The van der Waals surface area contributed by atoms with E-state index in [0.717, 1.165) is 11.6 Å². The first-order valence-corrected chi connectivity index (χ1v) is 5.50. The van der Waals surface area contributed by atoms with Crippen molar-refractivity contribution in [2.75, 3.05) is 0 Å². The van der Waals surface area contributed by atoms with E-state index in [4.69, 9.17) is 0 Å². The Kier molecular flexibility index (Phi) is 3.19. The van der Waals surface area contributed by atoms with Gasteiger partial charge in [0.1, 0.15) is 11.6 Å². The minimum atomic E-state index is -0.329. The molecule has 0 aromatic carbocycles. The second-order valence-corrected chi connectivity index (χ2v) is 4.11. The lowest BCUT2D eigenvalue weighted by molar-refractivity contribution is -0.134. The number of nitrogens with one attached hydrogen (secondary N) is 2. The van der Waals surface area contributed by atoms with Gasteiger partial charge < -0.3 is 4.57 Å². The topological polar surface area (TPSA) is 88.9 Å². The Labute approximate surface area is 98.6 Å². The van der Waals surface area contributed by atoms with Crippen LogP contribution in [0.3, 0.4) is 0 Å². The molecule has 2 heterocycles. The summed E-state index contributed by atoms with van der Waals surface area (Å²) in [4.78, 5) is 22.4. The number of piperidine rings is 1. The number of carbonyl (C=O) groups excluding carboxylic acids is 2. The van der Waals surface area contributed by atoms with Crippen LogP contribution in [-0.4, -0.2) is 32.6 Å². The van der Waals surface area contributed by atoms with Crippen molar-refractivity contribution in [3.63, 3.8) is 0 Å². The van der Waals surface area contributed by atoms with Gasteiger partial charge in [-0.05, 0) is 13.3 Å². The molecule has 1 saturated heterocycles. The highest BCUT2D eigenvalue weighted by molar-refractivity contribution is 6.00. The second kappa shape index (κ2) is 4.62. The van der Waals surface area contributed by atoms with Crippen molar-refractivity contribution < 1.29 is 9.59 Å². The van der Waals surface area contributed by atoms with Crippen LogP contribution in [0, 0.1) is 6.92 Å². The summed E-state index contributed by atoms with van der Waals surface area (Å²) >= 11 is 0. The number of nitrogens with zero attached hydrogens (tertiary/aromatic N) is 3. The van der Waals surface area contributed by atoms with Crippen molar-refractivity contribution in [3.05, 3.63) is 11.6 Å². The lowest BCUT2D eigenvalue weighted by atomic mass is 10.1. The molecule has 1 aromatic heterocycles. The number of rotatable bonds is 3. The molecule has 7 nitrogen and oxygen atoms in total. The van der Waals surface area contributed by atoms with Crippen LogP contribution in [0.25, 0.3) is 0 Å². The fraction of sp³-hybridized carbons (Fsp3) is 0.600. The fourth-order valence-corrected chi connectivity index (χ4v) is 1.71. The molecule has 1 fully saturated rings. The highest BCUT2D eigenvalue weighted by Gasteiger charge is 2.26. The van der Waals surface area contributed by atoms with Crippen LogP contribution in [0.1, 0.15) is 24.5 Å². The molecule has 0 saturated carbocycles. The monoisotopic (exact) mass is 237 g/mol. The summed E-state index contributed by atoms with van der Waals surface area (Å²) in [6.07, 6.45) is 0.906. The van der Waals surface area contributed by atoms with Gasteiger partial charge in [-0.3, -0.25) is 20.2 Å². The lowest BCUT2D eigenvalue weighted by Crippen LogP contribution is -2.50. The first-order valence-electron chi connectivity index (χ1n) is 5.50. The van der Waals surface area contributed by atoms with Crippen LogP contribution < -0.4 is 10.6 Å². The first-order chi connectivity index (χ1) is 8.08. The zero-order valence-electron chi connectivity index (χ0n) is 9.86. The molecule has 2 rings (SSSR count). The van der Waals surface area contributed by atoms with E-state index in [1.807, 2.05) is 18.5 Å². The van der Waals surface area contributed by atoms with Crippen LogP contribution in [0.15, 0.2) is 0 Å². The second-order valence-electron chi connectivity index (χ2n) is 4.11. The molecule has 17 heavy (non-hydrogen) atoms. The zero-order chi connectivity index (χ0) is 12.4. The van der Waals surface area contributed by atoms with Gasteiger partial charge in [-0.2, -0.15) is 0 Å². The summed E-state index contributed by atoms with van der Waals surface area (Å²) in [6, 6.07) is -0.329. The third-order valence-electron chi connectivity index (χ3n) is 2.93. The molecule has 0 radical (unpaired) electrons. The van der Waals surface area contributed by atoms with E-state index in [-0.39, 0.29) is 17.9 Å². The van der Waals surface area contributed by atoms with Crippen molar-refractivity contribution in [1.29, 1.82) is 0 Å². The molecule has 2 amide bonds. The Bertz CT molecular complexity index is 454. The van der Waals surface area contributed by atoms with Gasteiger partial charge in [-0.15, -0.1) is 10.2 Å². The molecule has 2 N–H and O–H groups in total. The molecule has 1 unspecified atom stereocenters. The van der Waals surface area contributed by atoms with Gasteiger partial charge in [0.15, 0.2) is 0 Å². The predicted octanol–water partition coefficient (Wildman–Crippen LogP) is -0.982. The molecular formula is C10H15N5O2. The van der Waals surface area contributed by atoms with Crippen molar-refractivity contribution in [3.8, 4) is 0 Å². The van der Waals surface area contributed by atoms with Gasteiger partial charge in [0.2, 0.25) is 11.8 Å². The number of carbonyl (C=O) groups is 2. The number of aryl methyl sites for hydroxylation is 1. The highest BCUT2D eigenvalue weighted by atomic mass is 16.2. The average Bonchev–Trinajstić information content (AvgIpc) is 2.59. The maximum Gasteiger partial charge on any atom is 0.243 e. The SMILES string of the molecule is Cc1nnc(CNC2CCC(=O)NC2=O)n1C. The lowest BCUT2D eigenvalue weighted by Gasteiger charge is -2.21. The largest absolute Gasteiger partial charge is 0.317 e. The van der Waals surface area contributed by atoms with Gasteiger partial charge in [-0.25, -0.2) is 0 Å². The third kappa shape index (κ3) is 2.50.